The van der Waals surface area contributed by atoms with Crippen molar-refractivity contribution >= 4 is 11.9 Å². The van der Waals surface area contributed by atoms with Crippen LogP contribution < -0.4 is 0 Å². The van der Waals surface area contributed by atoms with E-state index in [9.17, 15) is 24.9 Å². The number of ether oxygens (including phenoxy) is 2. The minimum absolute atomic E-state index is 0.131. The third kappa shape index (κ3) is 2.29. The van der Waals surface area contributed by atoms with Gasteiger partial charge in [-0.05, 0) is 25.3 Å². The van der Waals surface area contributed by atoms with Crippen LogP contribution in [0.5, 0.6) is 0 Å². The van der Waals surface area contributed by atoms with Crippen LogP contribution in [0.15, 0.2) is 11.1 Å². The maximum atomic E-state index is 12.0. The summed E-state index contributed by atoms with van der Waals surface area (Å²) in [5.41, 5.74) is -1.23. The largest absolute Gasteiger partial charge is 0.459 e. The molecule has 1 heterocycles. The minimum Gasteiger partial charge on any atom is -0.459 e. The van der Waals surface area contributed by atoms with E-state index in [0.717, 1.165) is 0 Å². The van der Waals surface area contributed by atoms with Gasteiger partial charge in [0, 0.05) is 24.7 Å². The Hall–Kier alpha value is -1.44. The number of aliphatic hydroxyl groups is 3. The SMILES string of the molecule is CC(=O)O[C@H]1C[C@@H](O)[C@]2(C)CCC3=C(CO)C(=O)O[C@@H]3[C@H]2[C@]1(C)O. The Bertz CT molecular complexity index is 608. The zero-order valence-corrected chi connectivity index (χ0v) is 14.1. The molecular weight excluding hydrogens is 316 g/mol. The fourth-order valence-electron chi connectivity index (χ4n) is 4.82. The number of fused-ring (bicyclic) bond motifs is 3. The van der Waals surface area contributed by atoms with Crippen molar-refractivity contribution in [2.45, 2.75) is 63.9 Å². The summed E-state index contributed by atoms with van der Waals surface area (Å²) in [5.74, 6) is -1.75. The molecule has 3 N–H and O–H groups in total. The molecule has 6 atom stereocenters. The molecule has 2 aliphatic carbocycles. The van der Waals surface area contributed by atoms with Gasteiger partial charge in [-0.2, -0.15) is 0 Å². The predicted molar refractivity (Wildman–Crippen MR) is 81.6 cm³/mol. The Morgan fingerprint density at radius 2 is 2.08 bits per heavy atom. The molecule has 0 bridgehead atoms. The first-order valence-electron chi connectivity index (χ1n) is 8.24. The highest BCUT2D eigenvalue weighted by atomic mass is 16.6. The smallest absolute Gasteiger partial charge is 0.337 e. The van der Waals surface area contributed by atoms with Crippen LogP contribution in [-0.4, -0.2) is 57.8 Å². The van der Waals surface area contributed by atoms with Gasteiger partial charge in [0.15, 0.2) is 0 Å². The molecule has 24 heavy (non-hydrogen) atoms. The van der Waals surface area contributed by atoms with Gasteiger partial charge in [-0.25, -0.2) is 4.79 Å². The molecule has 3 aliphatic rings. The molecule has 0 aromatic heterocycles. The van der Waals surface area contributed by atoms with E-state index in [1.54, 1.807) is 6.92 Å². The summed E-state index contributed by atoms with van der Waals surface area (Å²) in [5, 5.41) is 31.3. The second-order valence-electron chi connectivity index (χ2n) is 7.55. The lowest BCUT2D eigenvalue weighted by molar-refractivity contribution is -0.244. The van der Waals surface area contributed by atoms with Crippen molar-refractivity contribution < 1.29 is 34.4 Å². The third-order valence-corrected chi connectivity index (χ3v) is 6.10. The van der Waals surface area contributed by atoms with Gasteiger partial charge in [-0.15, -0.1) is 0 Å². The number of esters is 2. The lowest BCUT2D eigenvalue weighted by atomic mass is 9.51. The molecule has 2 fully saturated rings. The molecule has 7 nitrogen and oxygen atoms in total. The second-order valence-corrected chi connectivity index (χ2v) is 7.55. The fourth-order valence-corrected chi connectivity index (χ4v) is 4.82. The van der Waals surface area contributed by atoms with Crippen LogP contribution in [0.25, 0.3) is 0 Å². The lowest BCUT2D eigenvalue weighted by Gasteiger charge is -2.58. The van der Waals surface area contributed by atoms with Crippen molar-refractivity contribution in [1.29, 1.82) is 0 Å². The summed E-state index contributed by atoms with van der Waals surface area (Å²) in [6, 6.07) is 0. The van der Waals surface area contributed by atoms with Crippen molar-refractivity contribution in [1.82, 2.24) is 0 Å². The number of hydrogen-bond acceptors (Lipinski definition) is 7. The van der Waals surface area contributed by atoms with Gasteiger partial charge in [0.05, 0.1) is 18.3 Å². The number of hydrogen-bond donors (Lipinski definition) is 3. The van der Waals surface area contributed by atoms with Crippen LogP contribution >= 0.6 is 0 Å². The topological polar surface area (TPSA) is 113 Å². The molecule has 7 heteroatoms. The van der Waals surface area contributed by atoms with Crippen molar-refractivity contribution in [3.63, 3.8) is 0 Å². The van der Waals surface area contributed by atoms with Gasteiger partial charge in [0.1, 0.15) is 17.8 Å². The highest BCUT2D eigenvalue weighted by molar-refractivity contribution is 5.92. The average Bonchev–Trinajstić information content (AvgIpc) is 2.79. The van der Waals surface area contributed by atoms with Gasteiger partial charge in [0.25, 0.3) is 0 Å². The fraction of sp³-hybridized carbons (Fsp3) is 0.765. The summed E-state index contributed by atoms with van der Waals surface area (Å²) in [4.78, 5) is 23.4. The Balaban J connectivity index is 2.05. The highest BCUT2D eigenvalue weighted by Gasteiger charge is 2.65. The van der Waals surface area contributed by atoms with Gasteiger partial charge >= 0.3 is 11.9 Å². The molecule has 0 aromatic carbocycles. The van der Waals surface area contributed by atoms with Gasteiger partial charge in [-0.3, -0.25) is 4.79 Å². The maximum Gasteiger partial charge on any atom is 0.337 e. The van der Waals surface area contributed by atoms with Crippen molar-refractivity contribution in [2.24, 2.45) is 11.3 Å². The molecule has 0 radical (unpaired) electrons. The Morgan fingerprint density at radius 1 is 1.42 bits per heavy atom. The first-order chi connectivity index (χ1) is 11.1. The second kappa shape index (κ2) is 5.54. The molecule has 0 unspecified atom stereocenters. The molecule has 0 spiro atoms. The predicted octanol–water partition coefficient (Wildman–Crippen LogP) is 0.0643. The van der Waals surface area contributed by atoms with E-state index in [-0.39, 0.29) is 12.0 Å². The number of aliphatic hydroxyl groups excluding tert-OH is 2. The third-order valence-electron chi connectivity index (χ3n) is 6.10. The maximum absolute atomic E-state index is 12.0. The van der Waals surface area contributed by atoms with E-state index >= 15 is 0 Å². The molecular formula is C17H24O7. The van der Waals surface area contributed by atoms with E-state index in [1.165, 1.54) is 6.92 Å². The van der Waals surface area contributed by atoms with E-state index < -0.39 is 53.8 Å². The van der Waals surface area contributed by atoms with Gasteiger partial charge in [-0.1, -0.05) is 6.92 Å². The standard InChI is InChI=1S/C17H24O7/c1-8(19)23-12-6-11(20)16(2)5-4-9-10(7-18)15(21)24-13(9)14(16)17(12,3)22/h11-14,18,20,22H,4-7H2,1-3H3/t11-,12+,13+,14-,16+,17-/m1/s1. The van der Waals surface area contributed by atoms with Crippen LogP contribution in [-0.2, 0) is 19.1 Å². The van der Waals surface area contributed by atoms with Crippen LogP contribution in [0.4, 0.5) is 0 Å². The molecule has 2 saturated carbocycles. The first kappa shape index (κ1) is 17.4. The average molecular weight is 340 g/mol. The summed E-state index contributed by atoms with van der Waals surface area (Å²) < 4.78 is 10.7. The summed E-state index contributed by atoms with van der Waals surface area (Å²) >= 11 is 0. The molecule has 0 aromatic rings. The molecule has 0 amide bonds. The van der Waals surface area contributed by atoms with Gasteiger partial charge < -0.3 is 24.8 Å². The normalized spacial score (nSPS) is 44.7. The molecule has 3 rings (SSSR count). The summed E-state index contributed by atoms with van der Waals surface area (Å²) in [6.45, 7) is 4.26. The van der Waals surface area contributed by atoms with E-state index in [0.29, 0.717) is 18.4 Å². The van der Waals surface area contributed by atoms with Crippen LogP contribution in [0.3, 0.4) is 0 Å². The van der Waals surface area contributed by atoms with Crippen molar-refractivity contribution in [2.75, 3.05) is 6.61 Å². The quantitative estimate of drug-likeness (QED) is 0.609. The van der Waals surface area contributed by atoms with Crippen LogP contribution in [0, 0.1) is 11.3 Å². The van der Waals surface area contributed by atoms with Gasteiger partial charge in [0.2, 0.25) is 0 Å². The zero-order valence-electron chi connectivity index (χ0n) is 14.1. The minimum atomic E-state index is -1.47. The molecule has 134 valence electrons. The molecule has 0 saturated heterocycles. The van der Waals surface area contributed by atoms with Crippen molar-refractivity contribution in [3.05, 3.63) is 11.1 Å². The molecule has 1 aliphatic heterocycles. The highest BCUT2D eigenvalue weighted by Crippen LogP contribution is 2.58. The number of rotatable bonds is 2. The van der Waals surface area contributed by atoms with Crippen molar-refractivity contribution in [3.8, 4) is 0 Å². The van der Waals surface area contributed by atoms with E-state index in [1.807, 2.05) is 6.92 Å². The number of carbonyl (C=O) groups excluding carboxylic acids is 2. The number of carbonyl (C=O) groups is 2. The Kier molecular flexibility index (Phi) is 4.01. The van der Waals surface area contributed by atoms with Crippen LogP contribution in [0.1, 0.15) is 40.0 Å². The monoisotopic (exact) mass is 340 g/mol. The summed E-state index contributed by atoms with van der Waals surface area (Å²) in [6.07, 6.45) is -1.21. The van der Waals surface area contributed by atoms with E-state index in [4.69, 9.17) is 9.47 Å². The van der Waals surface area contributed by atoms with Crippen LogP contribution in [0.2, 0.25) is 0 Å². The Morgan fingerprint density at radius 3 is 2.67 bits per heavy atom. The zero-order chi connectivity index (χ0) is 17.9. The first-order valence-corrected chi connectivity index (χ1v) is 8.24. The Labute approximate surface area is 140 Å². The lowest BCUT2D eigenvalue weighted by Crippen LogP contribution is -2.67. The summed E-state index contributed by atoms with van der Waals surface area (Å²) in [7, 11) is 0. The van der Waals surface area contributed by atoms with E-state index in [2.05, 4.69) is 0 Å².